The number of halogens is 1. The number of fused-ring (bicyclic) bond motifs is 1. The summed E-state index contributed by atoms with van der Waals surface area (Å²) in [5, 5.41) is 12.4. The van der Waals surface area contributed by atoms with Gasteiger partial charge in [-0.25, -0.2) is 0 Å². The Labute approximate surface area is 117 Å². The average molecular weight is 358 g/mol. The molecule has 0 radical (unpaired) electrons. The number of ether oxygens (including phenoxy) is 1. The molecular formula is C13H11IO2S. The number of rotatable bonds is 2. The maximum atomic E-state index is 10.4. The molecule has 3 rings (SSSR count). The Bertz CT molecular complexity index is 550. The monoisotopic (exact) mass is 358 g/mol. The number of para-hydroxylation sites is 1. The topological polar surface area (TPSA) is 29.5 Å². The number of aliphatic hydroxyl groups excluding tert-OH is 1. The van der Waals surface area contributed by atoms with Crippen LogP contribution in [0.4, 0.5) is 0 Å². The van der Waals surface area contributed by atoms with Crippen LogP contribution in [-0.4, -0.2) is 11.7 Å². The molecule has 1 N–H and O–H groups in total. The number of benzene rings is 1. The summed E-state index contributed by atoms with van der Waals surface area (Å²) in [4.78, 5) is 0. The van der Waals surface area contributed by atoms with E-state index >= 15 is 0 Å². The lowest BCUT2D eigenvalue weighted by Gasteiger charge is -2.13. The Balaban J connectivity index is 2.02. The van der Waals surface area contributed by atoms with E-state index in [4.69, 9.17) is 4.74 Å². The van der Waals surface area contributed by atoms with Gasteiger partial charge in [-0.15, -0.1) is 11.3 Å². The van der Waals surface area contributed by atoms with E-state index < -0.39 is 6.10 Å². The Morgan fingerprint density at radius 3 is 3.06 bits per heavy atom. The summed E-state index contributed by atoms with van der Waals surface area (Å²) < 4.78 is 6.81. The van der Waals surface area contributed by atoms with Gasteiger partial charge in [0, 0.05) is 12.0 Å². The predicted molar refractivity (Wildman–Crippen MR) is 76.7 cm³/mol. The number of aliphatic hydroxyl groups is 1. The molecule has 2 heterocycles. The SMILES string of the molecule is OC(c1csc(I)c1)c1cccc2c1OCC2. The van der Waals surface area contributed by atoms with Crippen molar-refractivity contribution in [3.05, 3.63) is 49.2 Å². The summed E-state index contributed by atoms with van der Waals surface area (Å²) in [5.74, 6) is 0.876. The lowest BCUT2D eigenvalue weighted by atomic mass is 10.0. The molecule has 1 unspecified atom stereocenters. The molecule has 2 aromatic rings. The van der Waals surface area contributed by atoms with Gasteiger partial charge in [-0.1, -0.05) is 18.2 Å². The van der Waals surface area contributed by atoms with E-state index in [0.29, 0.717) is 0 Å². The maximum Gasteiger partial charge on any atom is 0.128 e. The molecule has 0 saturated heterocycles. The first-order valence-electron chi connectivity index (χ1n) is 5.42. The quantitative estimate of drug-likeness (QED) is 0.835. The Hall–Kier alpha value is -0.590. The molecule has 2 nitrogen and oxygen atoms in total. The van der Waals surface area contributed by atoms with Gasteiger partial charge in [0.1, 0.15) is 11.9 Å². The van der Waals surface area contributed by atoms with Gasteiger partial charge < -0.3 is 9.84 Å². The molecule has 1 aliphatic heterocycles. The standard InChI is InChI=1S/C13H11IO2S/c14-11-6-9(7-17-11)12(15)10-3-1-2-8-4-5-16-13(8)10/h1-3,6-7,12,15H,4-5H2. The average Bonchev–Trinajstić information content (AvgIpc) is 2.95. The van der Waals surface area contributed by atoms with Crippen molar-refractivity contribution >= 4 is 33.9 Å². The van der Waals surface area contributed by atoms with Crippen molar-refractivity contribution in [2.75, 3.05) is 6.61 Å². The van der Waals surface area contributed by atoms with Crippen LogP contribution >= 0.6 is 33.9 Å². The minimum Gasteiger partial charge on any atom is -0.493 e. The van der Waals surface area contributed by atoms with E-state index in [9.17, 15) is 5.11 Å². The summed E-state index contributed by atoms with van der Waals surface area (Å²) in [6, 6.07) is 8.02. The molecule has 0 amide bonds. The van der Waals surface area contributed by atoms with Crippen molar-refractivity contribution in [3.63, 3.8) is 0 Å². The van der Waals surface area contributed by atoms with Crippen LogP contribution in [0.3, 0.4) is 0 Å². The first-order chi connectivity index (χ1) is 8.25. The van der Waals surface area contributed by atoms with Crippen LogP contribution < -0.4 is 4.74 Å². The van der Waals surface area contributed by atoms with Crippen molar-refractivity contribution < 1.29 is 9.84 Å². The predicted octanol–water partition coefficient (Wildman–Crippen LogP) is 3.37. The first kappa shape index (κ1) is 11.5. The molecule has 1 aromatic carbocycles. The van der Waals surface area contributed by atoms with Crippen LogP contribution in [0.1, 0.15) is 22.8 Å². The van der Waals surface area contributed by atoms with E-state index in [-0.39, 0.29) is 0 Å². The van der Waals surface area contributed by atoms with Gasteiger partial charge in [0.25, 0.3) is 0 Å². The molecule has 0 fully saturated rings. The van der Waals surface area contributed by atoms with Crippen molar-refractivity contribution in [3.8, 4) is 5.75 Å². The highest BCUT2D eigenvalue weighted by atomic mass is 127. The van der Waals surface area contributed by atoms with Crippen molar-refractivity contribution in [2.45, 2.75) is 12.5 Å². The van der Waals surface area contributed by atoms with Gasteiger partial charge in [0.05, 0.1) is 9.49 Å². The molecular weight excluding hydrogens is 347 g/mol. The van der Waals surface area contributed by atoms with Crippen LogP contribution in [0.5, 0.6) is 5.75 Å². The maximum absolute atomic E-state index is 10.4. The van der Waals surface area contributed by atoms with Crippen LogP contribution in [0, 0.1) is 2.88 Å². The van der Waals surface area contributed by atoms with Crippen LogP contribution in [0.15, 0.2) is 29.6 Å². The third-order valence-corrected chi connectivity index (χ3v) is 4.75. The first-order valence-corrected chi connectivity index (χ1v) is 7.38. The van der Waals surface area contributed by atoms with Crippen LogP contribution in [0.25, 0.3) is 0 Å². The lowest BCUT2D eigenvalue weighted by Crippen LogP contribution is -2.00. The largest absolute Gasteiger partial charge is 0.493 e. The molecule has 4 heteroatoms. The van der Waals surface area contributed by atoms with E-state index in [0.717, 1.165) is 29.9 Å². The summed E-state index contributed by atoms with van der Waals surface area (Å²) >= 11 is 3.91. The van der Waals surface area contributed by atoms with Crippen molar-refractivity contribution in [1.29, 1.82) is 0 Å². The van der Waals surface area contributed by atoms with Crippen LogP contribution in [-0.2, 0) is 6.42 Å². The van der Waals surface area contributed by atoms with Gasteiger partial charge in [-0.2, -0.15) is 0 Å². The minimum atomic E-state index is -0.581. The Morgan fingerprint density at radius 1 is 1.41 bits per heavy atom. The van der Waals surface area contributed by atoms with E-state index in [1.54, 1.807) is 11.3 Å². The molecule has 0 saturated carbocycles. The number of hydrogen-bond acceptors (Lipinski definition) is 3. The zero-order valence-electron chi connectivity index (χ0n) is 9.02. The van der Waals surface area contributed by atoms with Gasteiger partial charge in [-0.3, -0.25) is 0 Å². The highest BCUT2D eigenvalue weighted by molar-refractivity contribution is 14.1. The fraction of sp³-hybridized carbons (Fsp3) is 0.231. The Morgan fingerprint density at radius 2 is 2.29 bits per heavy atom. The second-order valence-electron chi connectivity index (χ2n) is 4.02. The molecule has 1 atom stereocenters. The van der Waals surface area contributed by atoms with E-state index in [2.05, 4.69) is 28.7 Å². The zero-order valence-corrected chi connectivity index (χ0v) is 12.0. The van der Waals surface area contributed by atoms with Crippen LogP contribution in [0.2, 0.25) is 0 Å². The van der Waals surface area contributed by atoms with Crippen molar-refractivity contribution in [1.82, 2.24) is 0 Å². The molecule has 1 aromatic heterocycles. The molecule has 88 valence electrons. The second kappa shape index (κ2) is 4.59. The Kier molecular flexibility index (Phi) is 3.10. The third-order valence-electron chi connectivity index (χ3n) is 2.94. The van der Waals surface area contributed by atoms with Crippen molar-refractivity contribution in [2.24, 2.45) is 0 Å². The number of thiophene rings is 1. The second-order valence-corrected chi connectivity index (χ2v) is 6.83. The minimum absolute atomic E-state index is 0.581. The molecule has 0 bridgehead atoms. The normalized spacial score (nSPS) is 15.4. The zero-order chi connectivity index (χ0) is 11.8. The summed E-state index contributed by atoms with van der Waals surface area (Å²) in [6.45, 7) is 0.722. The molecule has 0 aliphatic carbocycles. The fourth-order valence-corrected chi connectivity index (χ4v) is 3.49. The smallest absolute Gasteiger partial charge is 0.128 e. The lowest BCUT2D eigenvalue weighted by molar-refractivity contribution is 0.214. The van der Waals surface area contributed by atoms with Gasteiger partial charge in [-0.05, 0) is 45.2 Å². The highest BCUT2D eigenvalue weighted by Crippen LogP contribution is 2.37. The third kappa shape index (κ3) is 2.09. The summed E-state index contributed by atoms with van der Waals surface area (Å²) in [5.41, 5.74) is 3.03. The number of hydrogen-bond donors (Lipinski definition) is 1. The molecule has 17 heavy (non-hydrogen) atoms. The summed E-state index contributed by atoms with van der Waals surface area (Å²) in [7, 11) is 0. The molecule has 0 spiro atoms. The fourth-order valence-electron chi connectivity index (χ4n) is 2.10. The highest BCUT2D eigenvalue weighted by Gasteiger charge is 2.22. The molecule has 1 aliphatic rings. The summed E-state index contributed by atoms with van der Waals surface area (Å²) in [6.07, 6.45) is 0.361. The van der Waals surface area contributed by atoms with Gasteiger partial charge >= 0.3 is 0 Å². The van der Waals surface area contributed by atoms with E-state index in [1.165, 1.54) is 8.45 Å². The van der Waals surface area contributed by atoms with E-state index in [1.807, 2.05) is 23.6 Å². The van der Waals surface area contributed by atoms with Gasteiger partial charge in [0.2, 0.25) is 0 Å². The van der Waals surface area contributed by atoms with Gasteiger partial charge in [0.15, 0.2) is 0 Å².